The molecule has 1 aromatic rings. The second-order valence-electron chi connectivity index (χ2n) is 6.11. The molecular weight excluding hydrogens is 248 g/mol. The highest BCUT2D eigenvalue weighted by Gasteiger charge is 2.12. The van der Waals surface area contributed by atoms with Crippen LogP contribution < -0.4 is 15.8 Å². The summed E-state index contributed by atoms with van der Waals surface area (Å²) in [5, 5.41) is 3.65. The lowest BCUT2D eigenvalue weighted by Crippen LogP contribution is -2.20. The van der Waals surface area contributed by atoms with E-state index in [0.717, 1.165) is 11.4 Å². The van der Waals surface area contributed by atoms with Gasteiger partial charge >= 0.3 is 0 Å². The highest BCUT2D eigenvalue weighted by Crippen LogP contribution is 2.28. The summed E-state index contributed by atoms with van der Waals surface area (Å²) in [5.41, 5.74) is 7.80. The first-order valence-corrected chi connectivity index (χ1v) is 7.98. The third-order valence-corrected chi connectivity index (χ3v) is 3.85. The molecule has 1 aliphatic rings. The summed E-state index contributed by atoms with van der Waals surface area (Å²) in [7, 11) is 0. The van der Waals surface area contributed by atoms with Gasteiger partial charge in [-0.15, -0.1) is 0 Å². The highest BCUT2D eigenvalue weighted by atomic mass is 16.5. The van der Waals surface area contributed by atoms with Gasteiger partial charge in [-0.05, 0) is 38.8 Å². The van der Waals surface area contributed by atoms with Crippen molar-refractivity contribution in [1.29, 1.82) is 0 Å². The Morgan fingerprint density at radius 3 is 2.40 bits per heavy atom. The van der Waals surface area contributed by atoms with Crippen LogP contribution in [0.3, 0.4) is 0 Å². The van der Waals surface area contributed by atoms with Crippen molar-refractivity contribution >= 4 is 11.4 Å². The Labute approximate surface area is 122 Å². The predicted octanol–water partition coefficient (Wildman–Crippen LogP) is 4.58. The minimum absolute atomic E-state index is 0.147. The standard InChI is InChI=1S/C17H28N2O/c1-13(2)20-17-12-15(10-11-16(17)18)19-14-8-6-4-3-5-7-9-14/h10-14,19H,3-9,18H2,1-2H3. The van der Waals surface area contributed by atoms with Crippen molar-refractivity contribution in [2.75, 3.05) is 11.1 Å². The molecule has 1 saturated carbocycles. The first-order chi connectivity index (χ1) is 9.65. The molecule has 0 atom stereocenters. The van der Waals surface area contributed by atoms with Crippen molar-refractivity contribution in [2.45, 2.75) is 70.9 Å². The van der Waals surface area contributed by atoms with Crippen LogP contribution in [0.2, 0.25) is 0 Å². The number of nitrogens with two attached hydrogens (primary N) is 1. The second kappa shape index (κ2) is 7.41. The first-order valence-electron chi connectivity index (χ1n) is 7.98. The van der Waals surface area contributed by atoms with Gasteiger partial charge in [0.25, 0.3) is 0 Å². The van der Waals surface area contributed by atoms with E-state index in [9.17, 15) is 0 Å². The van der Waals surface area contributed by atoms with Crippen molar-refractivity contribution in [3.8, 4) is 5.75 Å². The molecular formula is C17H28N2O. The Hall–Kier alpha value is -1.38. The maximum Gasteiger partial charge on any atom is 0.144 e. The fraction of sp³-hybridized carbons (Fsp3) is 0.647. The van der Waals surface area contributed by atoms with E-state index in [0.29, 0.717) is 11.7 Å². The van der Waals surface area contributed by atoms with Crippen molar-refractivity contribution in [2.24, 2.45) is 0 Å². The number of nitrogens with one attached hydrogen (secondary N) is 1. The molecule has 2 rings (SSSR count). The fourth-order valence-corrected chi connectivity index (χ4v) is 2.82. The van der Waals surface area contributed by atoms with Gasteiger partial charge in [-0.25, -0.2) is 0 Å². The molecule has 0 bridgehead atoms. The number of nitrogen functional groups attached to an aromatic ring is 1. The van der Waals surface area contributed by atoms with Gasteiger partial charge in [0.2, 0.25) is 0 Å². The minimum atomic E-state index is 0.147. The molecule has 20 heavy (non-hydrogen) atoms. The Bertz CT molecular complexity index is 409. The number of ether oxygens (including phenoxy) is 1. The molecule has 1 fully saturated rings. The smallest absolute Gasteiger partial charge is 0.144 e. The molecule has 3 nitrogen and oxygen atoms in total. The number of hydrogen-bond donors (Lipinski definition) is 2. The van der Waals surface area contributed by atoms with Crippen LogP contribution in [0.4, 0.5) is 11.4 Å². The summed E-state index contributed by atoms with van der Waals surface area (Å²) < 4.78 is 5.75. The van der Waals surface area contributed by atoms with Crippen LogP contribution >= 0.6 is 0 Å². The Morgan fingerprint density at radius 1 is 1.10 bits per heavy atom. The van der Waals surface area contributed by atoms with Gasteiger partial charge in [0.1, 0.15) is 5.75 Å². The zero-order chi connectivity index (χ0) is 14.4. The van der Waals surface area contributed by atoms with Crippen LogP contribution in [0.1, 0.15) is 58.8 Å². The summed E-state index contributed by atoms with van der Waals surface area (Å²) in [4.78, 5) is 0. The monoisotopic (exact) mass is 276 g/mol. The molecule has 0 saturated heterocycles. The van der Waals surface area contributed by atoms with Gasteiger partial charge in [-0.2, -0.15) is 0 Å². The second-order valence-corrected chi connectivity index (χ2v) is 6.11. The molecule has 112 valence electrons. The molecule has 1 aromatic carbocycles. The van der Waals surface area contributed by atoms with Crippen LogP contribution in [-0.4, -0.2) is 12.1 Å². The largest absolute Gasteiger partial charge is 0.489 e. The van der Waals surface area contributed by atoms with E-state index < -0.39 is 0 Å². The molecule has 0 radical (unpaired) electrons. The molecule has 0 amide bonds. The normalized spacial score (nSPS) is 17.6. The van der Waals surface area contributed by atoms with Crippen LogP contribution in [-0.2, 0) is 0 Å². The SMILES string of the molecule is CC(C)Oc1cc(NC2CCCCCCC2)ccc1N. The first kappa shape index (κ1) is 15.0. The number of benzene rings is 1. The van der Waals surface area contributed by atoms with E-state index in [1.807, 2.05) is 26.0 Å². The van der Waals surface area contributed by atoms with Crippen LogP contribution in [0, 0.1) is 0 Å². The Kier molecular flexibility index (Phi) is 5.57. The summed E-state index contributed by atoms with van der Waals surface area (Å²) in [5.74, 6) is 0.788. The van der Waals surface area contributed by atoms with Crippen LogP contribution in [0.15, 0.2) is 18.2 Å². The molecule has 0 spiro atoms. The third-order valence-electron chi connectivity index (χ3n) is 3.85. The zero-order valence-corrected chi connectivity index (χ0v) is 12.8. The molecule has 3 heteroatoms. The maximum atomic E-state index is 5.96. The van der Waals surface area contributed by atoms with E-state index in [-0.39, 0.29) is 6.10 Å². The summed E-state index contributed by atoms with van der Waals surface area (Å²) in [6.45, 7) is 4.04. The van der Waals surface area contributed by atoms with Gasteiger partial charge in [0, 0.05) is 17.8 Å². The van der Waals surface area contributed by atoms with E-state index in [1.165, 1.54) is 44.9 Å². The van der Waals surface area contributed by atoms with E-state index in [1.54, 1.807) is 0 Å². The van der Waals surface area contributed by atoms with Crippen LogP contribution in [0.25, 0.3) is 0 Å². The van der Waals surface area contributed by atoms with Gasteiger partial charge in [0.05, 0.1) is 11.8 Å². The lowest BCUT2D eigenvalue weighted by atomic mass is 9.96. The topological polar surface area (TPSA) is 47.3 Å². The van der Waals surface area contributed by atoms with E-state index >= 15 is 0 Å². The van der Waals surface area contributed by atoms with Gasteiger partial charge < -0.3 is 15.8 Å². The van der Waals surface area contributed by atoms with Crippen molar-refractivity contribution in [3.63, 3.8) is 0 Å². The third kappa shape index (κ3) is 4.62. The average molecular weight is 276 g/mol. The number of rotatable bonds is 4. The maximum absolute atomic E-state index is 5.96. The molecule has 0 unspecified atom stereocenters. The van der Waals surface area contributed by atoms with Crippen molar-refractivity contribution in [3.05, 3.63) is 18.2 Å². The van der Waals surface area contributed by atoms with E-state index in [4.69, 9.17) is 10.5 Å². The summed E-state index contributed by atoms with van der Waals surface area (Å²) in [6, 6.07) is 6.61. The molecule has 0 heterocycles. The van der Waals surface area contributed by atoms with Gasteiger partial charge in [0.15, 0.2) is 0 Å². The fourth-order valence-electron chi connectivity index (χ4n) is 2.82. The number of hydrogen-bond acceptors (Lipinski definition) is 3. The Morgan fingerprint density at radius 2 is 1.75 bits per heavy atom. The summed E-state index contributed by atoms with van der Waals surface area (Å²) in [6.07, 6.45) is 9.51. The Balaban J connectivity index is 2.00. The predicted molar refractivity (Wildman–Crippen MR) is 86.3 cm³/mol. The highest BCUT2D eigenvalue weighted by molar-refractivity contribution is 5.61. The summed E-state index contributed by atoms with van der Waals surface area (Å²) >= 11 is 0. The number of anilines is 2. The quantitative estimate of drug-likeness (QED) is 0.791. The average Bonchev–Trinajstić information content (AvgIpc) is 2.36. The van der Waals surface area contributed by atoms with Crippen molar-refractivity contribution < 1.29 is 4.74 Å². The van der Waals surface area contributed by atoms with Gasteiger partial charge in [-0.1, -0.05) is 32.1 Å². The van der Waals surface area contributed by atoms with E-state index in [2.05, 4.69) is 11.4 Å². The molecule has 0 aromatic heterocycles. The molecule has 0 aliphatic heterocycles. The lowest BCUT2D eigenvalue weighted by molar-refractivity contribution is 0.244. The molecule has 1 aliphatic carbocycles. The minimum Gasteiger partial charge on any atom is -0.489 e. The lowest BCUT2D eigenvalue weighted by Gasteiger charge is -2.23. The van der Waals surface area contributed by atoms with Crippen molar-refractivity contribution in [1.82, 2.24) is 0 Å². The molecule has 3 N–H and O–H groups in total. The zero-order valence-electron chi connectivity index (χ0n) is 12.8. The van der Waals surface area contributed by atoms with Crippen LogP contribution in [0.5, 0.6) is 5.75 Å². The van der Waals surface area contributed by atoms with Gasteiger partial charge in [-0.3, -0.25) is 0 Å².